The number of hydrogen-bond acceptors (Lipinski definition) is 7. The van der Waals surface area contributed by atoms with Gasteiger partial charge in [-0.25, -0.2) is 0 Å². The van der Waals surface area contributed by atoms with Gasteiger partial charge in [-0.15, -0.1) is 0 Å². The predicted octanol–water partition coefficient (Wildman–Crippen LogP) is 3.03. The van der Waals surface area contributed by atoms with E-state index in [2.05, 4.69) is 27.4 Å². The van der Waals surface area contributed by atoms with Crippen molar-refractivity contribution in [2.75, 3.05) is 20.8 Å². The smallest absolute Gasteiger partial charge is 0.273 e. The van der Waals surface area contributed by atoms with Crippen LogP contribution in [0.3, 0.4) is 0 Å². The summed E-state index contributed by atoms with van der Waals surface area (Å²) >= 11 is 0. The summed E-state index contributed by atoms with van der Waals surface area (Å²) in [4.78, 5) is 27.5. The molecule has 8 heteroatoms. The van der Waals surface area contributed by atoms with Gasteiger partial charge < -0.3 is 19.8 Å². The highest BCUT2D eigenvalue weighted by atomic mass is 16.6. The molecule has 0 heterocycles. The lowest BCUT2D eigenvalue weighted by Crippen LogP contribution is -2.29. The fourth-order valence-corrected chi connectivity index (χ4v) is 2.21. The molecule has 1 N–H and O–H groups in total. The highest BCUT2D eigenvalue weighted by molar-refractivity contribution is 6.45. The van der Waals surface area contributed by atoms with Crippen molar-refractivity contribution >= 4 is 23.0 Å². The van der Waals surface area contributed by atoms with Gasteiger partial charge in [0, 0.05) is 24.6 Å². The van der Waals surface area contributed by atoms with Crippen LogP contribution in [0, 0.1) is 0 Å². The number of hydrogen-bond donors (Lipinski definition) is 1. The normalized spacial score (nSPS) is 12.4. The molecule has 0 aromatic heterocycles. The molecule has 1 amide bonds. The Kier molecular flexibility index (Phi) is 10.0. The van der Waals surface area contributed by atoms with Crippen LogP contribution in [0.4, 0.5) is 0 Å². The van der Waals surface area contributed by atoms with Crippen LogP contribution in [0.15, 0.2) is 51.9 Å². The lowest BCUT2D eigenvalue weighted by molar-refractivity contribution is -0.114. The number of oxime groups is 3. The molecule has 0 fully saturated rings. The topological polar surface area (TPSA) is 93.9 Å². The number of likely N-dealkylation sites (N-methyl/N-ethyl adjacent to an activating group) is 1. The average molecular weight is 388 g/mol. The summed E-state index contributed by atoms with van der Waals surface area (Å²) in [5.41, 5.74) is 3.67. The summed E-state index contributed by atoms with van der Waals surface area (Å²) in [6, 6.07) is 7.25. The maximum atomic E-state index is 12.1. The Morgan fingerprint density at radius 3 is 2.46 bits per heavy atom. The molecule has 0 aliphatic heterocycles. The van der Waals surface area contributed by atoms with E-state index >= 15 is 0 Å². The van der Waals surface area contributed by atoms with Crippen molar-refractivity contribution in [2.45, 2.75) is 33.8 Å². The van der Waals surface area contributed by atoms with Crippen molar-refractivity contribution in [1.29, 1.82) is 0 Å². The molecule has 0 atom stereocenters. The van der Waals surface area contributed by atoms with Crippen LogP contribution in [-0.4, -0.2) is 43.8 Å². The predicted molar refractivity (Wildman–Crippen MR) is 110 cm³/mol. The fourth-order valence-electron chi connectivity index (χ4n) is 2.21. The minimum absolute atomic E-state index is 0.141. The largest absolute Gasteiger partial charge is 0.398 e. The molecule has 28 heavy (non-hydrogen) atoms. The van der Waals surface area contributed by atoms with Gasteiger partial charge >= 0.3 is 0 Å². The van der Waals surface area contributed by atoms with Gasteiger partial charge in [0.15, 0.2) is 5.71 Å². The van der Waals surface area contributed by atoms with Crippen molar-refractivity contribution in [3.05, 3.63) is 47.5 Å². The van der Waals surface area contributed by atoms with Crippen LogP contribution in [0.5, 0.6) is 0 Å². The maximum absolute atomic E-state index is 12.1. The Balaban J connectivity index is 3.01. The lowest BCUT2D eigenvalue weighted by Gasteiger charge is -2.10. The molecule has 0 saturated carbocycles. The first-order valence-electron chi connectivity index (χ1n) is 8.86. The molecule has 0 spiro atoms. The quantitative estimate of drug-likeness (QED) is 0.358. The van der Waals surface area contributed by atoms with Gasteiger partial charge in [0.05, 0.1) is 0 Å². The van der Waals surface area contributed by atoms with Crippen molar-refractivity contribution in [2.24, 2.45) is 15.5 Å². The van der Waals surface area contributed by atoms with E-state index in [1.165, 1.54) is 14.2 Å². The summed E-state index contributed by atoms with van der Waals surface area (Å²) in [6.07, 6.45) is 0.538. The van der Waals surface area contributed by atoms with E-state index in [1.54, 1.807) is 19.1 Å². The number of carbonyl (C=O) groups is 1. The van der Waals surface area contributed by atoms with Crippen LogP contribution < -0.4 is 5.32 Å². The first kappa shape index (κ1) is 22.9. The molecular formula is C20H28N4O4. The number of amides is 1. The van der Waals surface area contributed by atoms with Crippen molar-refractivity contribution in [3.63, 3.8) is 0 Å². The SMILES string of the molecule is C=C(C)CC(=N\OCC)/C(C)=N/OCc1ccccc1/C(=N\OC)C(=O)NC. The van der Waals surface area contributed by atoms with E-state index in [0.717, 1.165) is 11.1 Å². The minimum Gasteiger partial charge on any atom is -0.398 e. The van der Waals surface area contributed by atoms with Crippen molar-refractivity contribution in [1.82, 2.24) is 5.32 Å². The van der Waals surface area contributed by atoms with Gasteiger partial charge in [0.25, 0.3) is 5.91 Å². The Hall–Kier alpha value is -3.16. The van der Waals surface area contributed by atoms with Gasteiger partial charge in [-0.2, -0.15) is 0 Å². The third-order valence-electron chi connectivity index (χ3n) is 3.51. The zero-order valence-electron chi connectivity index (χ0n) is 17.1. The van der Waals surface area contributed by atoms with E-state index in [1.807, 2.05) is 26.0 Å². The summed E-state index contributed by atoms with van der Waals surface area (Å²) in [6.45, 7) is 10.0. The number of allylic oxidation sites excluding steroid dienone is 1. The lowest BCUT2D eigenvalue weighted by atomic mass is 10.0. The summed E-state index contributed by atoms with van der Waals surface area (Å²) < 4.78 is 0. The highest BCUT2D eigenvalue weighted by Crippen LogP contribution is 2.13. The van der Waals surface area contributed by atoms with Gasteiger partial charge in [-0.3, -0.25) is 4.79 Å². The van der Waals surface area contributed by atoms with E-state index in [-0.39, 0.29) is 18.2 Å². The summed E-state index contributed by atoms with van der Waals surface area (Å²) in [5.74, 6) is -0.360. The molecule has 152 valence electrons. The van der Waals surface area contributed by atoms with Gasteiger partial charge in [0.2, 0.25) is 0 Å². The molecule has 0 bridgehead atoms. The van der Waals surface area contributed by atoms with Gasteiger partial charge in [0.1, 0.15) is 31.7 Å². The maximum Gasteiger partial charge on any atom is 0.273 e. The standard InChI is InChI=1S/C20H28N4O4/c1-7-27-23-18(12-14(2)3)15(4)22-28-13-16-10-8-9-11-17(16)19(24-26-6)20(25)21-5/h8-11H,2,7,12-13H2,1,3-6H3,(H,21,25)/b22-15+,23-18+,24-19+. The van der Waals surface area contributed by atoms with E-state index in [4.69, 9.17) is 14.5 Å². The Bertz CT molecular complexity index is 769. The minimum atomic E-state index is -0.360. The third-order valence-corrected chi connectivity index (χ3v) is 3.51. The number of nitrogens with one attached hydrogen (secondary N) is 1. The number of benzene rings is 1. The second-order valence-electron chi connectivity index (χ2n) is 5.90. The Labute approximate surface area is 165 Å². The molecule has 0 saturated heterocycles. The first-order valence-corrected chi connectivity index (χ1v) is 8.86. The summed E-state index contributed by atoms with van der Waals surface area (Å²) in [7, 11) is 2.91. The molecule has 8 nitrogen and oxygen atoms in total. The zero-order valence-corrected chi connectivity index (χ0v) is 17.1. The van der Waals surface area contributed by atoms with Crippen molar-refractivity contribution < 1.29 is 19.3 Å². The Morgan fingerprint density at radius 2 is 1.86 bits per heavy atom. The van der Waals surface area contributed by atoms with E-state index in [9.17, 15) is 4.79 Å². The second-order valence-corrected chi connectivity index (χ2v) is 5.90. The van der Waals surface area contributed by atoms with Crippen LogP contribution in [0.1, 0.15) is 38.3 Å². The fraction of sp³-hybridized carbons (Fsp3) is 0.400. The summed E-state index contributed by atoms with van der Waals surface area (Å²) in [5, 5.41) is 14.6. The van der Waals surface area contributed by atoms with Crippen LogP contribution >= 0.6 is 0 Å². The van der Waals surface area contributed by atoms with E-state index < -0.39 is 0 Å². The van der Waals surface area contributed by atoms with Crippen LogP contribution in [-0.2, 0) is 25.9 Å². The first-order chi connectivity index (χ1) is 13.4. The van der Waals surface area contributed by atoms with E-state index in [0.29, 0.717) is 30.0 Å². The second kappa shape index (κ2) is 12.3. The molecule has 1 rings (SSSR count). The molecule has 0 aliphatic carbocycles. The molecule has 0 radical (unpaired) electrons. The molecule has 0 aliphatic rings. The van der Waals surface area contributed by atoms with Gasteiger partial charge in [-0.1, -0.05) is 51.9 Å². The number of rotatable bonds is 11. The molecule has 1 aromatic rings. The number of carbonyl (C=O) groups excluding carboxylic acids is 1. The van der Waals surface area contributed by atoms with Crippen LogP contribution in [0.2, 0.25) is 0 Å². The van der Waals surface area contributed by atoms with Crippen molar-refractivity contribution in [3.8, 4) is 0 Å². The monoisotopic (exact) mass is 388 g/mol. The average Bonchev–Trinajstić information content (AvgIpc) is 2.68. The molecule has 0 unspecified atom stereocenters. The van der Waals surface area contributed by atoms with Crippen LogP contribution in [0.25, 0.3) is 0 Å². The number of nitrogens with zero attached hydrogens (tertiary/aromatic N) is 3. The highest BCUT2D eigenvalue weighted by Gasteiger charge is 2.17. The zero-order chi connectivity index (χ0) is 20.9. The van der Waals surface area contributed by atoms with Gasteiger partial charge in [-0.05, 0) is 20.8 Å². The Morgan fingerprint density at radius 1 is 1.14 bits per heavy atom. The molecular weight excluding hydrogens is 360 g/mol. The third kappa shape index (κ3) is 7.22. The molecule has 1 aromatic carbocycles.